The van der Waals surface area contributed by atoms with Gasteiger partial charge in [0.15, 0.2) is 11.5 Å². The van der Waals surface area contributed by atoms with Gasteiger partial charge in [-0.25, -0.2) is 0 Å². The van der Waals surface area contributed by atoms with E-state index >= 15 is 0 Å². The minimum Gasteiger partial charge on any atom is -0.504 e. The number of rotatable bonds is 2. The summed E-state index contributed by atoms with van der Waals surface area (Å²) in [5, 5.41) is 24.8. The van der Waals surface area contributed by atoms with Crippen LogP contribution in [0.15, 0.2) is 24.3 Å². The highest BCUT2D eigenvalue weighted by Crippen LogP contribution is 2.65. The minimum atomic E-state index is 0.0963. The van der Waals surface area contributed by atoms with Crippen molar-refractivity contribution in [2.75, 3.05) is 0 Å². The molecule has 0 radical (unpaired) electrons. The third kappa shape index (κ3) is 2.37. The van der Waals surface area contributed by atoms with Crippen molar-refractivity contribution in [3.63, 3.8) is 0 Å². The van der Waals surface area contributed by atoms with E-state index in [-0.39, 0.29) is 16.9 Å². The Bertz CT molecular complexity index is 1060. The lowest BCUT2D eigenvalue weighted by Gasteiger charge is -2.58. The van der Waals surface area contributed by atoms with Gasteiger partial charge in [0.1, 0.15) is 0 Å². The lowest BCUT2D eigenvalue weighted by atomic mass is 9.47. The van der Waals surface area contributed by atoms with E-state index in [0.717, 1.165) is 46.5 Å². The summed E-state index contributed by atoms with van der Waals surface area (Å²) in [7, 11) is 0. The molecule has 8 fully saturated rings. The first-order chi connectivity index (χ1) is 15.5. The standard InChI is InChI=1S/C30H36O2/c31-27-23-2-1-3-25(29-11-17-4-18(12-29)6-19(5-17)13-29)24(23)10-26(28(27)32)30-14-20-7-21(15-30)9-22(8-20)16-30/h1-3,10,17-22,31-32H,4-9,11-16H2. The van der Waals surface area contributed by atoms with Crippen molar-refractivity contribution in [1.29, 1.82) is 0 Å². The van der Waals surface area contributed by atoms with Crippen LogP contribution in [0, 0.1) is 35.5 Å². The quantitative estimate of drug-likeness (QED) is 0.497. The molecule has 10 rings (SSSR count). The minimum absolute atomic E-state index is 0.0963. The Kier molecular flexibility index (Phi) is 3.53. The van der Waals surface area contributed by atoms with Gasteiger partial charge in [0.2, 0.25) is 0 Å². The van der Waals surface area contributed by atoms with Gasteiger partial charge in [0, 0.05) is 10.9 Å². The molecule has 0 amide bonds. The molecule has 8 aliphatic rings. The molecular formula is C30H36O2. The normalized spacial score (nSPS) is 45.8. The maximum absolute atomic E-state index is 11.3. The van der Waals surface area contributed by atoms with E-state index in [1.165, 1.54) is 88.0 Å². The van der Waals surface area contributed by atoms with E-state index in [2.05, 4.69) is 18.2 Å². The molecule has 2 nitrogen and oxygen atoms in total. The summed E-state index contributed by atoms with van der Waals surface area (Å²) in [5.74, 6) is 5.56. The van der Waals surface area contributed by atoms with Crippen LogP contribution in [0.3, 0.4) is 0 Å². The zero-order valence-corrected chi connectivity index (χ0v) is 19.2. The van der Waals surface area contributed by atoms with Crippen LogP contribution in [-0.4, -0.2) is 10.2 Å². The number of phenols is 2. The molecular weight excluding hydrogens is 392 g/mol. The number of hydrogen-bond acceptors (Lipinski definition) is 2. The highest BCUT2D eigenvalue weighted by Gasteiger charge is 2.54. The second-order valence-electron chi connectivity index (χ2n) is 13.4. The zero-order valence-electron chi connectivity index (χ0n) is 19.2. The van der Waals surface area contributed by atoms with E-state index in [9.17, 15) is 10.2 Å². The fraction of sp³-hybridized carbons (Fsp3) is 0.667. The lowest BCUT2D eigenvalue weighted by molar-refractivity contribution is -0.00653. The fourth-order valence-electron chi connectivity index (χ4n) is 11.1. The van der Waals surface area contributed by atoms with Gasteiger partial charge in [0.25, 0.3) is 0 Å². The predicted octanol–water partition coefficient (Wildman–Crippen LogP) is 7.19. The lowest BCUT2D eigenvalue weighted by Crippen LogP contribution is -2.49. The molecule has 2 aromatic carbocycles. The van der Waals surface area contributed by atoms with E-state index in [0.29, 0.717) is 5.41 Å². The topological polar surface area (TPSA) is 40.5 Å². The summed E-state index contributed by atoms with van der Waals surface area (Å²) in [6, 6.07) is 8.94. The second kappa shape index (κ2) is 6.05. The van der Waals surface area contributed by atoms with Crippen LogP contribution >= 0.6 is 0 Å². The Labute approximate surface area is 191 Å². The van der Waals surface area contributed by atoms with Gasteiger partial charge in [-0.15, -0.1) is 0 Å². The first-order valence-electron chi connectivity index (χ1n) is 13.5. The van der Waals surface area contributed by atoms with E-state index in [4.69, 9.17) is 0 Å². The summed E-state index contributed by atoms with van der Waals surface area (Å²) in [4.78, 5) is 0. The molecule has 0 atom stereocenters. The van der Waals surface area contributed by atoms with Crippen molar-refractivity contribution >= 4 is 10.8 Å². The van der Waals surface area contributed by atoms with Crippen molar-refractivity contribution in [3.8, 4) is 11.5 Å². The average molecular weight is 429 g/mol. The SMILES string of the molecule is Oc1c(C23CC4CC(CC(C4)C2)C3)cc2c(C34CC5CC(CC(C5)C3)C4)cccc2c1O. The first kappa shape index (κ1) is 18.7. The van der Waals surface area contributed by atoms with E-state index in [1.807, 2.05) is 6.07 Å². The fourth-order valence-corrected chi connectivity index (χ4v) is 11.1. The molecule has 0 aliphatic heterocycles. The van der Waals surface area contributed by atoms with Gasteiger partial charge >= 0.3 is 0 Å². The molecule has 32 heavy (non-hydrogen) atoms. The van der Waals surface area contributed by atoms with Crippen molar-refractivity contribution in [3.05, 3.63) is 35.4 Å². The van der Waals surface area contributed by atoms with Crippen molar-refractivity contribution < 1.29 is 10.2 Å². The molecule has 2 aromatic rings. The number of aromatic hydroxyl groups is 2. The van der Waals surface area contributed by atoms with E-state index < -0.39 is 0 Å². The maximum atomic E-state index is 11.3. The number of phenolic OH excluding ortho intramolecular Hbond substituents is 2. The first-order valence-corrected chi connectivity index (χ1v) is 13.5. The van der Waals surface area contributed by atoms with Crippen LogP contribution < -0.4 is 0 Å². The maximum Gasteiger partial charge on any atom is 0.165 e. The van der Waals surface area contributed by atoms with Crippen molar-refractivity contribution in [2.45, 2.75) is 87.9 Å². The summed E-state index contributed by atoms with van der Waals surface area (Å²) < 4.78 is 0. The molecule has 8 bridgehead atoms. The van der Waals surface area contributed by atoms with Gasteiger partial charge in [-0.05, 0) is 140 Å². The zero-order chi connectivity index (χ0) is 21.2. The van der Waals surface area contributed by atoms with Crippen molar-refractivity contribution in [2.24, 2.45) is 35.5 Å². The number of benzene rings is 2. The summed E-state index contributed by atoms with van der Waals surface area (Å²) in [5.41, 5.74) is 2.99. The Morgan fingerprint density at radius 1 is 0.531 bits per heavy atom. The van der Waals surface area contributed by atoms with Crippen LogP contribution in [-0.2, 0) is 10.8 Å². The Morgan fingerprint density at radius 3 is 1.44 bits per heavy atom. The Hall–Kier alpha value is -1.70. The van der Waals surface area contributed by atoms with Gasteiger partial charge in [0.05, 0.1) is 0 Å². The average Bonchev–Trinajstić information content (AvgIpc) is 2.74. The largest absolute Gasteiger partial charge is 0.504 e. The molecule has 2 N–H and O–H groups in total. The third-order valence-electron chi connectivity index (χ3n) is 11.3. The van der Waals surface area contributed by atoms with E-state index in [1.54, 1.807) is 0 Å². The van der Waals surface area contributed by atoms with Crippen LogP contribution in [0.2, 0.25) is 0 Å². The summed E-state index contributed by atoms with van der Waals surface area (Å²) >= 11 is 0. The summed E-state index contributed by atoms with van der Waals surface area (Å²) in [6.07, 6.45) is 16.2. The Morgan fingerprint density at radius 2 is 0.969 bits per heavy atom. The second-order valence-corrected chi connectivity index (χ2v) is 13.4. The predicted molar refractivity (Wildman–Crippen MR) is 127 cm³/mol. The molecule has 0 heterocycles. The number of fused-ring (bicyclic) bond motifs is 1. The molecule has 8 aliphatic carbocycles. The monoisotopic (exact) mass is 428 g/mol. The molecule has 0 aromatic heterocycles. The van der Waals surface area contributed by atoms with Gasteiger partial charge in [-0.2, -0.15) is 0 Å². The summed E-state index contributed by atoms with van der Waals surface area (Å²) in [6.45, 7) is 0. The molecule has 0 unspecified atom stereocenters. The van der Waals surface area contributed by atoms with Crippen LogP contribution in [0.25, 0.3) is 10.8 Å². The van der Waals surface area contributed by atoms with Crippen LogP contribution in [0.1, 0.15) is 88.2 Å². The van der Waals surface area contributed by atoms with Gasteiger partial charge in [-0.1, -0.05) is 18.2 Å². The number of hydrogen-bond donors (Lipinski definition) is 2. The van der Waals surface area contributed by atoms with Crippen molar-refractivity contribution in [1.82, 2.24) is 0 Å². The Balaban J connectivity index is 1.33. The third-order valence-corrected chi connectivity index (χ3v) is 11.3. The molecule has 2 heteroatoms. The highest BCUT2D eigenvalue weighted by atomic mass is 16.3. The van der Waals surface area contributed by atoms with Gasteiger partial charge in [-0.3, -0.25) is 0 Å². The van der Waals surface area contributed by atoms with Crippen LogP contribution in [0.4, 0.5) is 0 Å². The van der Waals surface area contributed by atoms with Gasteiger partial charge < -0.3 is 10.2 Å². The highest BCUT2D eigenvalue weighted by molar-refractivity contribution is 5.95. The molecule has 0 spiro atoms. The molecule has 168 valence electrons. The molecule has 0 saturated heterocycles. The van der Waals surface area contributed by atoms with Crippen LogP contribution in [0.5, 0.6) is 11.5 Å². The smallest absolute Gasteiger partial charge is 0.165 e. The molecule has 8 saturated carbocycles.